The lowest BCUT2D eigenvalue weighted by Gasteiger charge is -2.03. The second kappa shape index (κ2) is 6.60. The molecule has 1 aromatic rings. The molecule has 0 aliphatic carbocycles. The van der Waals surface area contributed by atoms with Gasteiger partial charge in [-0.3, -0.25) is 14.7 Å². The highest BCUT2D eigenvalue weighted by Gasteiger charge is 2.05. The van der Waals surface area contributed by atoms with Gasteiger partial charge in [-0.1, -0.05) is 0 Å². The van der Waals surface area contributed by atoms with Crippen molar-refractivity contribution in [2.45, 2.75) is 19.3 Å². The van der Waals surface area contributed by atoms with Crippen molar-refractivity contribution in [2.75, 3.05) is 13.7 Å². The van der Waals surface area contributed by atoms with Gasteiger partial charge in [0.05, 0.1) is 13.5 Å². The summed E-state index contributed by atoms with van der Waals surface area (Å²) in [6.45, 7) is 0.530. The number of hydrogen-bond acceptors (Lipinski definition) is 4. The molecule has 0 spiro atoms. The van der Waals surface area contributed by atoms with Crippen LogP contribution in [0.5, 0.6) is 0 Å². The van der Waals surface area contributed by atoms with E-state index in [1.807, 2.05) is 6.07 Å². The highest BCUT2D eigenvalue weighted by Crippen LogP contribution is 1.93. The van der Waals surface area contributed by atoms with Gasteiger partial charge in [0.2, 0.25) is 5.91 Å². The van der Waals surface area contributed by atoms with E-state index >= 15 is 0 Å². The van der Waals surface area contributed by atoms with Crippen LogP contribution in [0, 0.1) is 0 Å². The molecule has 6 heteroatoms. The molecular formula is C10H15N3O3. The molecule has 1 aromatic heterocycles. The predicted octanol–water partition coefficient (Wildman–Crippen LogP) is 0.0216. The number of hydrogen-bond donors (Lipinski definition) is 2. The highest BCUT2D eigenvalue weighted by molar-refractivity contribution is 5.81. The van der Waals surface area contributed by atoms with Crippen molar-refractivity contribution >= 4 is 11.9 Å². The number of rotatable bonds is 6. The van der Waals surface area contributed by atoms with E-state index in [9.17, 15) is 9.59 Å². The second-order valence-electron chi connectivity index (χ2n) is 3.26. The van der Waals surface area contributed by atoms with Gasteiger partial charge in [-0.15, -0.1) is 0 Å². The molecule has 6 nitrogen and oxygen atoms in total. The molecule has 0 aliphatic heterocycles. The first-order valence-electron chi connectivity index (χ1n) is 5.04. The molecule has 0 saturated carbocycles. The van der Waals surface area contributed by atoms with Crippen molar-refractivity contribution in [3.8, 4) is 0 Å². The topological polar surface area (TPSA) is 84.1 Å². The summed E-state index contributed by atoms with van der Waals surface area (Å²) >= 11 is 0. The molecule has 0 aliphatic rings. The maximum atomic E-state index is 11.2. The third-order valence-electron chi connectivity index (χ3n) is 2.06. The number of H-pyrrole nitrogens is 1. The van der Waals surface area contributed by atoms with E-state index in [-0.39, 0.29) is 24.7 Å². The van der Waals surface area contributed by atoms with Crippen molar-refractivity contribution in [2.24, 2.45) is 0 Å². The molecule has 0 radical (unpaired) electrons. The van der Waals surface area contributed by atoms with E-state index in [0.717, 1.165) is 5.69 Å². The maximum Gasteiger partial charge on any atom is 0.306 e. The van der Waals surface area contributed by atoms with Gasteiger partial charge in [-0.2, -0.15) is 5.10 Å². The van der Waals surface area contributed by atoms with E-state index in [2.05, 4.69) is 20.3 Å². The Morgan fingerprint density at radius 1 is 1.50 bits per heavy atom. The van der Waals surface area contributed by atoms with E-state index in [1.165, 1.54) is 7.11 Å². The van der Waals surface area contributed by atoms with Crippen LogP contribution in [0.15, 0.2) is 12.3 Å². The number of ether oxygens (including phenoxy) is 1. The van der Waals surface area contributed by atoms with E-state index in [4.69, 9.17) is 0 Å². The van der Waals surface area contributed by atoms with E-state index < -0.39 is 0 Å². The minimum absolute atomic E-state index is 0.117. The quantitative estimate of drug-likeness (QED) is 0.668. The van der Waals surface area contributed by atoms with Crippen molar-refractivity contribution in [1.29, 1.82) is 0 Å². The lowest BCUT2D eigenvalue weighted by Crippen LogP contribution is -2.26. The van der Waals surface area contributed by atoms with Gasteiger partial charge < -0.3 is 10.1 Å². The predicted molar refractivity (Wildman–Crippen MR) is 56.6 cm³/mol. The first-order valence-corrected chi connectivity index (χ1v) is 5.04. The fourth-order valence-electron chi connectivity index (χ4n) is 1.17. The van der Waals surface area contributed by atoms with Crippen LogP contribution in [0.3, 0.4) is 0 Å². The van der Waals surface area contributed by atoms with Crippen molar-refractivity contribution in [3.63, 3.8) is 0 Å². The number of carbonyl (C=O) groups excluding carboxylic acids is 2. The van der Waals surface area contributed by atoms with Crippen LogP contribution >= 0.6 is 0 Å². The first kappa shape index (κ1) is 12.2. The molecule has 0 fully saturated rings. The van der Waals surface area contributed by atoms with Crippen LogP contribution in [0.25, 0.3) is 0 Å². The van der Waals surface area contributed by atoms with Gasteiger partial charge in [0.15, 0.2) is 0 Å². The second-order valence-corrected chi connectivity index (χ2v) is 3.26. The number of nitrogens with one attached hydrogen (secondary N) is 2. The van der Waals surface area contributed by atoms with Gasteiger partial charge in [-0.25, -0.2) is 0 Å². The van der Waals surface area contributed by atoms with Gasteiger partial charge >= 0.3 is 5.97 Å². The van der Waals surface area contributed by atoms with E-state index in [1.54, 1.807) is 6.20 Å². The fraction of sp³-hybridized carbons (Fsp3) is 0.500. The van der Waals surface area contributed by atoms with Crippen molar-refractivity contribution in [3.05, 3.63) is 18.0 Å². The highest BCUT2D eigenvalue weighted by atomic mass is 16.5. The zero-order chi connectivity index (χ0) is 11.8. The van der Waals surface area contributed by atoms with Crippen LogP contribution in [0.4, 0.5) is 0 Å². The summed E-state index contributed by atoms with van der Waals surface area (Å²) in [5.74, 6) is -0.520. The minimum Gasteiger partial charge on any atom is -0.469 e. The molecule has 0 saturated heterocycles. The Hall–Kier alpha value is -1.85. The number of aromatic amines is 1. The third kappa shape index (κ3) is 4.59. The third-order valence-corrected chi connectivity index (χ3v) is 2.06. The molecule has 2 N–H and O–H groups in total. The number of nitrogens with zero attached hydrogens (tertiary/aromatic N) is 1. The van der Waals surface area contributed by atoms with Crippen LogP contribution in [-0.4, -0.2) is 35.7 Å². The number of methoxy groups -OCH3 is 1. The van der Waals surface area contributed by atoms with Gasteiger partial charge in [-0.05, 0) is 6.07 Å². The Bertz CT molecular complexity index is 335. The average molecular weight is 225 g/mol. The lowest BCUT2D eigenvalue weighted by atomic mass is 10.3. The normalized spacial score (nSPS) is 9.81. The minimum atomic E-state index is -0.372. The summed E-state index contributed by atoms with van der Waals surface area (Å²) in [5.41, 5.74) is 0.966. The van der Waals surface area contributed by atoms with Gasteiger partial charge in [0.25, 0.3) is 0 Å². The molecular weight excluding hydrogens is 210 g/mol. The number of amides is 1. The smallest absolute Gasteiger partial charge is 0.306 e. The monoisotopic (exact) mass is 225 g/mol. The van der Waals surface area contributed by atoms with Crippen LogP contribution < -0.4 is 5.32 Å². The number of aromatic nitrogens is 2. The summed E-state index contributed by atoms with van der Waals surface area (Å²) in [4.78, 5) is 22.0. The molecule has 0 aromatic carbocycles. The summed E-state index contributed by atoms with van der Waals surface area (Å²) in [7, 11) is 1.30. The molecule has 0 atom stereocenters. The molecule has 1 rings (SSSR count). The first-order chi connectivity index (χ1) is 7.72. The lowest BCUT2D eigenvalue weighted by molar-refractivity contribution is -0.142. The molecule has 0 bridgehead atoms. The number of esters is 1. The average Bonchev–Trinajstić information content (AvgIpc) is 2.79. The van der Waals surface area contributed by atoms with Crippen molar-refractivity contribution in [1.82, 2.24) is 15.5 Å². The molecule has 1 heterocycles. The zero-order valence-electron chi connectivity index (χ0n) is 9.16. The largest absolute Gasteiger partial charge is 0.469 e. The SMILES string of the molecule is COC(=O)CCC(=O)NCCc1ccn[nH]1. The Labute approximate surface area is 93.4 Å². The molecule has 88 valence electrons. The Morgan fingerprint density at radius 2 is 2.31 bits per heavy atom. The van der Waals surface area contributed by atoms with Crippen molar-refractivity contribution < 1.29 is 14.3 Å². The molecule has 16 heavy (non-hydrogen) atoms. The number of carbonyl (C=O) groups is 2. The summed E-state index contributed by atoms with van der Waals surface area (Å²) in [5, 5.41) is 9.29. The fourth-order valence-corrected chi connectivity index (χ4v) is 1.17. The van der Waals surface area contributed by atoms with Crippen LogP contribution in [0.1, 0.15) is 18.5 Å². The summed E-state index contributed by atoms with van der Waals surface area (Å²) in [6.07, 6.45) is 2.64. The Morgan fingerprint density at radius 3 is 2.94 bits per heavy atom. The maximum absolute atomic E-state index is 11.2. The standard InChI is InChI=1S/C10H15N3O3/c1-16-10(15)3-2-9(14)11-6-4-8-5-7-12-13-8/h5,7H,2-4,6H2,1H3,(H,11,14)(H,12,13). The Balaban J connectivity index is 2.09. The van der Waals surface area contributed by atoms with Crippen LogP contribution in [-0.2, 0) is 20.7 Å². The Kier molecular flexibility index (Phi) is 5.04. The summed E-state index contributed by atoms with van der Waals surface area (Å²) < 4.78 is 4.43. The molecule has 0 unspecified atom stereocenters. The van der Waals surface area contributed by atoms with Gasteiger partial charge in [0.1, 0.15) is 0 Å². The van der Waals surface area contributed by atoms with Gasteiger partial charge in [0, 0.05) is 31.3 Å². The molecule has 1 amide bonds. The zero-order valence-corrected chi connectivity index (χ0v) is 9.16. The summed E-state index contributed by atoms with van der Waals surface area (Å²) in [6, 6.07) is 1.85. The van der Waals surface area contributed by atoms with E-state index in [0.29, 0.717) is 13.0 Å². The van der Waals surface area contributed by atoms with Crippen LogP contribution in [0.2, 0.25) is 0 Å².